The summed E-state index contributed by atoms with van der Waals surface area (Å²) in [7, 11) is 0. The second-order valence-corrected chi connectivity index (χ2v) is 6.14. The van der Waals surface area contributed by atoms with Gasteiger partial charge in [0, 0.05) is 38.3 Å². The largest absolute Gasteiger partial charge is 0.339 e. The van der Waals surface area contributed by atoms with Gasteiger partial charge < -0.3 is 10.2 Å². The first-order chi connectivity index (χ1) is 8.74. The van der Waals surface area contributed by atoms with Crippen molar-refractivity contribution in [3.8, 4) is 0 Å². The van der Waals surface area contributed by atoms with Gasteiger partial charge >= 0.3 is 0 Å². The van der Waals surface area contributed by atoms with Crippen LogP contribution in [0.1, 0.15) is 39.0 Å². The SMILES string of the molecule is C[C@@H]1CC[C@H](C(=O)N2CCN(C3CCC3)CC2)N1. The number of rotatable bonds is 2. The zero-order valence-corrected chi connectivity index (χ0v) is 11.4. The number of nitrogens with zero attached hydrogens (tertiary/aromatic N) is 2. The Morgan fingerprint density at radius 1 is 1.06 bits per heavy atom. The van der Waals surface area contributed by atoms with Crippen molar-refractivity contribution >= 4 is 5.91 Å². The highest BCUT2D eigenvalue weighted by molar-refractivity contribution is 5.82. The van der Waals surface area contributed by atoms with Gasteiger partial charge in [-0.2, -0.15) is 0 Å². The van der Waals surface area contributed by atoms with Gasteiger partial charge in [-0.3, -0.25) is 9.69 Å². The Hall–Kier alpha value is -0.610. The maximum atomic E-state index is 12.4. The topological polar surface area (TPSA) is 35.6 Å². The van der Waals surface area contributed by atoms with Crippen molar-refractivity contribution in [1.29, 1.82) is 0 Å². The van der Waals surface area contributed by atoms with Gasteiger partial charge in [0.15, 0.2) is 0 Å². The van der Waals surface area contributed by atoms with Crippen molar-refractivity contribution in [2.45, 2.75) is 57.2 Å². The number of piperazine rings is 1. The molecule has 0 radical (unpaired) electrons. The maximum Gasteiger partial charge on any atom is 0.239 e. The first-order valence-corrected chi connectivity index (χ1v) is 7.53. The molecule has 0 aromatic rings. The van der Waals surface area contributed by atoms with Crippen molar-refractivity contribution in [1.82, 2.24) is 15.1 Å². The molecular formula is C14H25N3O. The molecule has 18 heavy (non-hydrogen) atoms. The third kappa shape index (κ3) is 2.41. The fourth-order valence-corrected chi connectivity index (χ4v) is 3.40. The molecule has 1 N–H and O–H groups in total. The van der Waals surface area contributed by atoms with E-state index in [9.17, 15) is 4.79 Å². The molecule has 102 valence electrons. The molecule has 2 saturated heterocycles. The van der Waals surface area contributed by atoms with Crippen LogP contribution in [-0.4, -0.2) is 60.0 Å². The van der Waals surface area contributed by atoms with E-state index in [1.165, 1.54) is 19.3 Å². The summed E-state index contributed by atoms with van der Waals surface area (Å²) in [6.07, 6.45) is 6.29. The highest BCUT2D eigenvalue weighted by Crippen LogP contribution is 2.25. The van der Waals surface area contributed by atoms with E-state index in [0.29, 0.717) is 11.9 Å². The Labute approximate surface area is 110 Å². The van der Waals surface area contributed by atoms with Gasteiger partial charge in [-0.1, -0.05) is 6.42 Å². The lowest BCUT2D eigenvalue weighted by atomic mass is 9.91. The molecule has 2 atom stereocenters. The minimum Gasteiger partial charge on any atom is -0.339 e. The van der Waals surface area contributed by atoms with Crippen molar-refractivity contribution in [2.24, 2.45) is 0 Å². The smallest absolute Gasteiger partial charge is 0.239 e. The number of nitrogens with one attached hydrogen (secondary N) is 1. The van der Waals surface area contributed by atoms with Crippen LogP contribution in [0, 0.1) is 0 Å². The van der Waals surface area contributed by atoms with Gasteiger partial charge in [0.1, 0.15) is 0 Å². The molecule has 3 rings (SSSR count). The first-order valence-electron chi connectivity index (χ1n) is 7.53. The van der Waals surface area contributed by atoms with Gasteiger partial charge in [-0.05, 0) is 32.6 Å². The number of hydrogen-bond donors (Lipinski definition) is 1. The summed E-state index contributed by atoms with van der Waals surface area (Å²) in [5, 5.41) is 3.40. The van der Waals surface area contributed by atoms with Crippen molar-refractivity contribution in [2.75, 3.05) is 26.2 Å². The maximum absolute atomic E-state index is 12.4. The Kier molecular flexibility index (Phi) is 3.57. The molecule has 0 spiro atoms. The average Bonchev–Trinajstić information content (AvgIpc) is 2.74. The summed E-state index contributed by atoms with van der Waals surface area (Å²) in [4.78, 5) is 17.0. The van der Waals surface area contributed by atoms with E-state index in [0.717, 1.165) is 45.1 Å². The van der Waals surface area contributed by atoms with Crippen LogP contribution in [0.5, 0.6) is 0 Å². The Balaban J connectivity index is 1.48. The fourth-order valence-electron chi connectivity index (χ4n) is 3.40. The third-order valence-electron chi connectivity index (χ3n) is 4.89. The fraction of sp³-hybridized carbons (Fsp3) is 0.929. The van der Waals surface area contributed by atoms with E-state index in [1.807, 2.05) is 0 Å². The molecule has 0 bridgehead atoms. The molecule has 0 aromatic carbocycles. The molecule has 1 aliphatic carbocycles. The Bertz CT molecular complexity index is 308. The summed E-state index contributed by atoms with van der Waals surface area (Å²) in [5.74, 6) is 0.340. The van der Waals surface area contributed by atoms with Gasteiger partial charge in [0.2, 0.25) is 5.91 Å². The normalized spacial score (nSPS) is 34.6. The van der Waals surface area contributed by atoms with Crippen LogP contribution in [0.4, 0.5) is 0 Å². The molecule has 0 unspecified atom stereocenters. The highest BCUT2D eigenvalue weighted by atomic mass is 16.2. The summed E-state index contributed by atoms with van der Waals surface area (Å²) in [5.41, 5.74) is 0. The molecule has 2 heterocycles. The molecule has 0 aromatic heterocycles. The number of amides is 1. The quantitative estimate of drug-likeness (QED) is 0.789. The van der Waals surface area contributed by atoms with E-state index in [1.54, 1.807) is 0 Å². The average molecular weight is 251 g/mol. The Morgan fingerprint density at radius 3 is 2.28 bits per heavy atom. The van der Waals surface area contributed by atoms with Crippen molar-refractivity contribution in [3.63, 3.8) is 0 Å². The molecule has 2 aliphatic heterocycles. The van der Waals surface area contributed by atoms with Crippen molar-refractivity contribution in [3.05, 3.63) is 0 Å². The lowest BCUT2D eigenvalue weighted by molar-refractivity contribution is -0.135. The second kappa shape index (κ2) is 5.17. The number of carbonyl (C=O) groups is 1. The third-order valence-corrected chi connectivity index (χ3v) is 4.89. The first kappa shape index (κ1) is 12.4. The van der Waals surface area contributed by atoms with E-state index in [-0.39, 0.29) is 6.04 Å². The van der Waals surface area contributed by atoms with Gasteiger partial charge in [0.05, 0.1) is 6.04 Å². The van der Waals surface area contributed by atoms with Crippen LogP contribution in [0.2, 0.25) is 0 Å². The summed E-state index contributed by atoms with van der Waals surface area (Å²) in [6.45, 7) is 6.20. The summed E-state index contributed by atoms with van der Waals surface area (Å²) >= 11 is 0. The molecule has 3 aliphatic rings. The zero-order valence-electron chi connectivity index (χ0n) is 11.4. The number of carbonyl (C=O) groups excluding carboxylic acids is 1. The lowest BCUT2D eigenvalue weighted by Crippen LogP contribution is -2.56. The molecule has 3 fully saturated rings. The summed E-state index contributed by atoms with van der Waals surface area (Å²) in [6, 6.07) is 1.43. The van der Waals surface area contributed by atoms with E-state index < -0.39 is 0 Å². The predicted octanol–water partition coefficient (Wildman–Crippen LogP) is 0.824. The number of hydrogen-bond acceptors (Lipinski definition) is 3. The molecule has 4 nitrogen and oxygen atoms in total. The van der Waals surface area contributed by atoms with Crippen LogP contribution in [-0.2, 0) is 4.79 Å². The summed E-state index contributed by atoms with van der Waals surface area (Å²) < 4.78 is 0. The molecule has 1 saturated carbocycles. The lowest BCUT2D eigenvalue weighted by Gasteiger charge is -2.43. The molecule has 4 heteroatoms. The minimum atomic E-state index is 0.0928. The van der Waals surface area contributed by atoms with E-state index in [4.69, 9.17) is 0 Å². The van der Waals surface area contributed by atoms with Crippen LogP contribution in [0.15, 0.2) is 0 Å². The zero-order chi connectivity index (χ0) is 12.5. The standard InChI is InChI=1S/C14H25N3O/c1-11-5-6-13(15-11)14(18)17-9-7-16(8-10-17)12-3-2-4-12/h11-13,15H,2-10H2,1H3/t11-,13-/m1/s1. The second-order valence-electron chi connectivity index (χ2n) is 6.14. The molecular weight excluding hydrogens is 226 g/mol. The van der Waals surface area contributed by atoms with Gasteiger partial charge in [0.25, 0.3) is 0 Å². The van der Waals surface area contributed by atoms with Crippen molar-refractivity contribution < 1.29 is 4.79 Å². The van der Waals surface area contributed by atoms with Crippen LogP contribution >= 0.6 is 0 Å². The molecule has 1 amide bonds. The van der Waals surface area contributed by atoms with E-state index in [2.05, 4.69) is 22.0 Å². The minimum absolute atomic E-state index is 0.0928. The van der Waals surface area contributed by atoms with Crippen LogP contribution < -0.4 is 5.32 Å². The van der Waals surface area contributed by atoms with Gasteiger partial charge in [-0.25, -0.2) is 0 Å². The van der Waals surface area contributed by atoms with Gasteiger partial charge in [-0.15, -0.1) is 0 Å². The highest BCUT2D eigenvalue weighted by Gasteiger charge is 2.33. The Morgan fingerprint density at radius 2 is 1.78 bits per heavy atom. The van der Waals surface area contributed by atoms with Crippen LogP contribution in [0.3, 0.4) is 0 Å². The predicted molar refractivity (Wildman–Crippen MR) is 71.4 cm³/mol. The van der Waals surface area contributed by atoms with E-state index >= 15 is 0 Å². The van der Waals surface area contributed by atoms with Crippen LogP contribution in [0.25, 0.3) is 0 Å². The monoisotopic (exact) mass is 251 g/mol.